The van der Waals surface area contributed by atoms with Crippen molar-refractivity contribution in [1.82, 2.24) is 5.32 Å². The van der Waals surface area contributed by atoms with Crippen molar-refractivity contribution in [2.45, 2.75) is 12.8 Å². The fourth-order valence-electron chi connectivity index (χ4n) is 1.77. The molecule has 0 saturated heterocycles. The lowest BCUT2D eigenvalue weighted by atomic mass is 10.1. The zero-order valence-electron chi connectivity index (χ0n) is 11.0. The molecule has 0 aliphatic carbocycles. The summed E-state index contributed by atoms with van der Waals surface area (Å²) in [6.07, 6.45) is 1.95. The van der Waals surface area contributed by atoms with Gasteiger partial charge < -0.3 is 19.5 Å². The molecule has 4 heteroatoms. The van der Waals surface area contributed by atoms with Gasteiger partial charge in [0, 0.05) is 17.7 Å². The number of methoxy groups -OCH3 is 3. The van der Waals surface area contributed by atoms with E-state index in [1.165, 1.54) is 0 Å². The first-order valence-corrected chi connectivity index (χ1v) is 5.70. The predicted molar refractivity (Wildman–Crippen MR) is 68.3 cm³/mol. The molecular formula is C13H21NO3. The van der Waals surface area contributed by atoms with Gasteiger partial charge in [0.2, 0.25) is 0 Å². The molecule has 17 heavy (non-hydrogen) atoms. The maximum atomic E-state index is 5.38. The smallest absolute Gasteiger partial charge is 0.129 e. The van der Waals surface area contributed by atoms with Gasteiger partial charge in [-0.1, -0.05) is 0 Å². The molecule has 0 aliphatic rings. The monoisotopic (exact) mass is 239 g/mol. The summed E-state index contributed by atoms with van der Waals surface area (Å²) in [5, 5.41) is 3.13. The van der Waals surface area contributed by atoms with E-state index in [1.807, 2.05) is 19.2 Å². The summed E-state index contributed by atoms with van der Waals surface area (Å²) >= 11 is 0. The Bertz CT molecular complexity index is 328. The average molecular weight is 239 g/mol. The molecule has 0 aliphatic heterocycles. The van der Waals surface area contributed by atoms with Gasteiger partial charge in [-0.05, 0) is 26.4 Å². The van der Waals surface area contributed by atoms with Crippen molar-refractivity contribution in [3.8, 4) is 17.2 Å². The molecule has 0 spiro atoms. The van der Waals surface area contributed by atoms with Crippen LogP contribution in [0, 0.1) is 0 Å². The Morgan fingerprint density at radius 3 is 2.00 bits per heavy atom. The Hall–Kier alpha value is -1.42. The third-order valence-corrected chi connectivity index (χ3v) is 2.67. The van der Waals surface area contributed by atoms with Gasteiger partial charge in [0.1, 0.15) is 17.2 Å². The molecule has 1 N–H and O–H groups in total. The lowest BCUT2D eigenvalue weighted by Crippen LogP contribution is -2.09. The number of nitrogens with one attached hydrogen (secondary N) is 1. The van der Waals surface area contributed by atoms with Gasteiger partial charge in [-0.25, -0.2) is 0 Å². The summed E-state index contributed by atoms with van der Waals surface area (Å²) in [6.45, 7) is 0.971. The Labute approximate surface area is 103 Å². The first kappa shape index (κ1) is 13.6. The van der Waals surface area contributed by atoms with Crippen molar-refractivity contribution in [2.24, 2.45) is 0 Å². The van der Waals surface area contributed by atoms with Crippen molar-refractivity contribution in [3.63, 3.8) is 0 Å². The van der Waals surface area contributed by atoms with Crippen LogP contribution in [0.5, 0.6) is 17.2 Å². The maximum absolute atomic E-state index is 5.38. The Kier molecular flexibility index (Phi) is 5.63. The van der Waals surface area contributed by atoms with E-state index >= 15 is 0 Å². The van der Waals surface area contributed by atoms with E-state index < -0.39 is 0 Å². The summed E-state index contributed by atoms with van der Waals surface area (Å²) in [5.41, 5.74) is 1.09. The van der Waals surface area contributed by atoms with E-state index in [-0.39, 0.29) is 0 Å². The van der Waals surface area contributed by atoms with Crippen molar-refractivity contribution < 1.29 is 14.2 Å². The van der Waals surface area contributed by atoms with Crippen LogP contribution >= 0.6 is 0 Å². The first-order valence-electron chi connectivity index (χ1n) is 5.70. The highest BCUT2D eigenvalue weighted by molar-refractivity contribution is 5.50. The second-order valence-electron chi connectivity index (χ2n) is 3.72. The zero-order valence-corrected chi connectivity index (χ0v) is 11.0. The fourth-order valence-corrected chi connectivity index (χ4v) is 1.77. The van der Waals surface area contributed by atoms with Crippen molar-refractivity contribution in [3.05, 3.63) is 17.7 Å². The number of benzene rings is 1. The third-order valence-electron chi connectivity index (χ3n) is 2.67. The highest BCUT2D eigenvalue weighted by Crippen LogP contribution is 2.34. The van der Waals surface area contributed by atoms with E-state index in [0.29, 0.717) is 0 Å². The van der Waals surface area contributed by atoms with Gasteiger partial charge in [-0.3, -0.25) is 0 Å². The topological polar surface area (TPSA) is 39.7 Å². The second-order valence-corrected chi connectivity index (χ2v) is 3.72. The standard InChI is InChI=1S/C13H21NO3/c1-14-7-5-6-11-12(16-3)8-10(15-2)9-13(11)17-4/h8-9,14H,5-7H2,1-4H3. The third kappa shape index (κ3) is 3.53. The normalized spacial score (nSPS) is 10.1. The summed E-state index contributed by atoms with van der Waals surface area (Å²) in [5.74, 6) is 2.38. The summed E-state index contributed by atoms with van der Waals surface area (Å²) in [7, 11) is 6.91. The van der Waals surface area contributed by atoms with Crippen LogP contribution in [0.3, 0.4) is 0 Å². The molecule has 0 amide bonds. The van der Waals surface area contributed by atoms with Gasteiger partial charge in [-0.2, -0.15) is 0 Å². The average Bonchev–Trinajstić information content (AvgIpc) is 2.38. The lowest BCUT2D eigenvalue weighted by Gasteiger charge is -2.14. The summed E-state index contributed by atoms with van der Waals surface area (Å²) < 4.78 is 16.0. The summed E-state index contributed by atoms with van der Waals surface area (Å²) in [6, 6.07) is 3.77. The van der Waals surface area contributed by atoms with Crippen LogP contribution in [0.4, 0.5) is 0 Å². The van der Waals surface area contributed by atoms with Gasteiger partial charge >= 0.3 is 0 Å². The van der Waals surface area contributed by atoms with E-state index in [4.69, 9.17) is 14.2 Å². The molecule has 0 radical (unpaired) electrons. The van der Waals surface area contributed by atoms with E-state index in [1.54, 1.807) is 21.3 Å². The minimum Gasteiger partial charge on any atom is -0.496 e. The lowest BCUT2D eigenvalue weighted by molar-refractivity contribution is 0.368. The van der Waals surface area contributed by atoms with Crippen LogP contribution in [0.25, 0.3) is 0 Å². The minimum atomic E-state index is 0.746. The molecule has 0 bridgehead atoms. The molecule has 1 aromatic carbocycles. The number of rotatable bonds is 7. The van der Waals surface area contributed by atoms with Crippen LogP contribution < -0.4 is 19.5 Å². The molecule has 96 valence electrons. The molecule has 0 aromatic heterocycles. The quantitative estimate of drug-likeness (QED) is 0.737. The Morgan fingerprint density at radius 1 is 1.00 bits per heavy atom. The molecule has 0 heterocycles. The van der Waals surface area contributed by atoms with Crippen LogP contribution in [-0.4, -0.2) is 34.9 Å². The Morgan fingerprint density at radius 2 is 1.59 bits per heavy atom. The second kappa shape index (κ2) is 7.01. The molecule has 0 saturated carbocycles. The van der Waals surface area contributed by atoms with Gasteiger partial charge in [0.25, 0.3) is 0 Å². The van der Waals surface area contributed by atoms with E-state index in [2.05, 4.69) is 5.32 Å². The van der Waals surface area contributed by atoms with Crippen LogP contribution in [0.2, 0.25) is 0 Å². The largest absolute Gasteiger partial charge is 0.496 e. The number of hydrogen-bond acceptors (Lipinski definition) is 4. The fraction of sp³-hybridized carbons (Fsp3) is 0.538. The molecular weight excluding hydrogens is 218 g/mol. The molecule has 0 fully saturated rings. The highest BCUT2D eigenvalue weighted by Gasteiger charge is 2.12. The van der Waals surface area contributed by atoms with Gasteiger partial charge in [0.05, 0.1) is 21.3 Å². The first-order chi connectivity index (χ1) is 8.26. The van der Waals surface area contributed by atoms with Crippen LogP contribution in [0.1, 0.15) is 12.0 Å². The SMILES string of the molecule is CNCCCc1c(OC)cc(OC)cc1OC. The molecule has 1 aromatic rings. The molecule has 0 atom stereocenters. The van der Waals surface area contributed by atoms with Gasteiger partial charge in [-0.15, -0.1) is 0 Å². The minimum absolute atomic E-state index is 0.746. The Balaban J connectivity index is 2.98. The van der Waals surface area contributed by atoms with E-state index in [0.717, 1.165) is 42.2 Å². The van der Waals surface area contributed by atoms with Crippen molar-refractivity contribution in [1.29, 1.82) is 0 Å². The number of ether oxygens (including phenoxy) is 3. The van der Waals surface area contributed by atoms with Crippen LogP contribution in [0.15, 0.2) is 12.1 Å². The molecule has 4 nitrogen and oxygen atoms in total. The number of hydrogen-bond donors (Lipinski definition) is 1. The maximum Gasteiger partial charge on any atom is 0.129 e. The highest BCUT2D eigenvalue weighted by atomic mass is 16.5. The zero-order chi connectivity index (χ0) is 12.7. The van der Waals surface area contributed by atoms with Crippen molar-refractivity contribution >= 4 is 0 Å². The van der Waals surface area contributed by atoms with E-state index in [9.17, 15) is 0 Å². The van der Waals surface area contributed by atoms with Gasteiger partial charge in [0.15, 0.2) is 0 Å². The van der Waals surface area contributed by atoms with Crippen LogP contribution in [-0.2, 0) is 6.42 Å². The van der Waals surface area contributed by atoms with Crippen molar-refractivity contribution in [2.75, 3.05) is 34.9 Å². The predicted octanol–water partition coefficient (Wildman–Crippen LogP) is 1.86. The molecule has 0 unspecified atom stereocenters. The summed E-state index contributed by atoms with van der Waals surface area (Å²) in [4.78, 5) is 0. The molecule has 1 rings (SSSR count).